The molecule has 4 N–H and O–H groups in total. The van der Waals surface area contributed by atoms with E-state index in [1.54, 1.807) is 0 Å². The van der Waals surface area contributed by atoms with E-state index in [-0.39, 0.29) is 5.54 Å². The normalized spacial score (nSPS) is 38.8. The first-order valence-electron chi connectivity index (χ1n) is 5.21. The van der Waals surface area contributed by atoms with Gasteiger partial charge in [0.05, 0.1) is 0 Å². The van der Waals surface area contributed by atoms with E-state index >= 15 is 0 Å². The fourth-order valence-electron chi connectivity index (χ4n) is 2.06. The van der Waals surface area contributed by atoms with Crippen LogP contribution >= 0.6 is 0 Å². The molecule has 0 bridgehead atoms. The van der Waals surface area contributed by atoms with Gasteiger partial charge in [-0.1, -0.05) is 19.8 Å². The Kier molecular flexibility index (Phi) is 3.53. The molecule has 0 unspecified atom stereocenters. The van der Waals surface area contributed by atoms with Crippen LogP contribution in [0, 0.1) is 0 Å². The molecule has 2 nitrogen and oxygen atoms in total. The molecule has 72 valence electrons. The van der Waals surface area contributed by atoms with Crippen molar-refractivity contribution in [1.82, 2.24) is 0 Å². The van der Waals surface area contributed by atoms with Gasteiger partial charge in [-0.3, -0.25) is 0 Å². The monoisotopic (exact) mass is 170 g/mol. The largest absolute Gasteiger partial charge is 0.328 e. The second kappa shape index (κ2) is 4.24. The molecule has 0 aliphatic heterocycles. The Bertz CT molecular complexity index is 124. The van der Waals surface area contributed by atoms with Crippen LogP contribution in [0.25, 0.3) is 0 Å². The number of rotatable bonds is 1. The van der Waals surface area contributed by atoms with Crippen LogP contribution in [0.4, 0.5) is 0 Å². The Balaban J connectivity index is 2.40. The third kappa shape index (κ3) is 2.76. The van der Waals surface area contributed by atoms with Crippen LogP contribution in [0.5, 0.6) is 0 Å². The number of hydrogen-bond acceptors (Lipinski definition) is 2. The lowest BCUT2D eigenvalue weighted by Gasteiger charge is -2.31. The summed E-state index contributed by atoms with van der Waals surface area (Å²) in [6, 6.07) is 0.436. The fourth-order valence-corrected chi connectivity index (χ4v) is 2.06. The lowest BCUT2D eigenvalue weighted by atomic mass is 9.82. The zero-order valence-electron chi connectivity index (χ0n) is 8.18. The first-order chi connectivity index (χ1) is 5.66. The van der Waals surface area contributed by atoms with Crippen molar-refractivity contribution in [3.05, 3.63) is 0 Å². The van der Waals surface area contributed by atoms with Gasteiger partial charge in [-0.25, -0.2) is 0 Å². The van der Waals surface area contributed by atoms with Crippen LogP contribution in [-0.4, -0.2) is 11.6 Å². The van der Waals surface area contributed by atoms with E-state index in [1.807, 2.05) is 0 Å². The Hall–Kier alpha value is -0.0800. The molecular weight excluding hydrogens is 148 g/mol. The molecule has 1 rings (SSSR count). The summed E-state index contributed by atoms with van der Waals surface area (Å²) in [5.74, 6) is 0. The summed E-state index contributed by atoms with van der Waals surface area (Å²) in [6.07, 6.45) is 8.20. The van der Waals surface area contributed by atoms with Crippen molar-refractivity contribution >= 4 is 0 Å². The Morgan fingerprint density at radius 3 is 2.17 bits per heavy atom. The standard InChI is InChI=1S/C10H22N2/c1-2-10(12)7-3-5-9(11)6-4-8-10/h9H,2-8,11-12H2,1H3. The zero-order chi connectivity index (χ0) is 9.03. The molecule has 0 heterocycles. The lowest BCUT2D eigenvalue weighted by molar-refractivity contribution is 0.296. The minimum atomic E-state index is 0.125. The van der Waals surface area contributed by atoms with E-state index in [9.17, 15) is 0 Å². The number of nitrogens with two attached hydrogens (primary N) is 2. The smallest absolute Gasteiger partial charge is 0.0151 e. The molecule has 1 fully saturated rings. The molecule has 0 aromatic heterocycles. The highest BCUT2D eigenvalue weighted by atomic mass is 14.7. The van der Waals surface area contributed by atoms with Gasteiger partial charge in [0.15, 0.2) is 0 Å². The van der Waals surface area contributed by atoms with E-state index in [0.717, 1.165) is 19.3 Å². The van der Waals surface area contributed by atoms with Gasteiger partial charge in [0, 0.05) is 11.6 Å². The SMILES string of the molecule is CCC1(N)CCCC(N)CCC1. The second-order valence-electron chi connectivity index (χ2n) is 4.26. The summed E-state index contributed by atoms with van der Waals surface area (Å²) >= 11 is 0. The summed E-state index contributed by atoms with van der Waals surface area (Å²) in [5.41, 5.74) is 12.3. The summed E-state index contributed by atoms with van der Waals surface area (Å²) in [5, 5.41) is 0. The molecule has 0 spiro atoms. The first kappa shape index (κ1) is 10.0. The lowest BCUT2D eigenvalue weighted by Crippen LogP contribution is -2.40. The highest BCUT2D eigenvalue weighted by Crippen LogP contribution is 2.26. The Labute approximate surface area is 75.7 Å². The molecule has 0 aromatic carbocycles. The van der Waals surface area contributed by atoms with E-state index in [4.69, 9.17) is 11.5 Å². The highest BCUT2D eigenvalue weighted by molar-refractivity contribution is 4.85. The summed E-state index contributed by atoms with van der Waals surface area (Å²) in [7, 11) is 0. The van der Waals surface area contributed by atoms with Crippen molar-refractivity contribution in [3.8, 4) is 0 Å². The summed E-state index contributed by atoms with van der Waals surface area (Å²) in [4.78, 5) is 0. The van der Waals surface area contributed by atoms with Gasteiger partial charge < -0.3 is 11.5 Å². The van der Waals surface area contributed by atoms with Crippen LogP contribution in [0.15, 0.2) is 0 Å². The van der Waals surface area contributed by atoms with Crippen molar-refractivity contribution in [2.45, 2.75) is 63.5 Å². The van der Waals surface area contributed by atoms with Gasteiger partial charge in [-0.15, -0.1) is 0 Å². The quantitative estimate of drug-likeness (QED) is 0.630. The van der Waals surface area contributed by atoms with Crippen molar-refractivity contribution in [3.63, 3.8) is 0 Å². The topological polar surface area (TPSA) is 52.0 Å². The molecule has 1 aliphatic rings. The van der Waals surface area contributed by atoms with E-state index < -0.39 is 0 Å². The van der Waals surface area contributed by atoms with E-state index in [2.05, 4.69) is 6.92 Å². The third-order valence-corrected chi connectivity index (χ3v) is 3.20. The molecular formula is C10H22N2. The maximum atomic E-state index is 6.23. The molecule has 0 saturated heterocycles. The predicted octanol–water partition coefficient (Wildman–Crippen LogP) is 1.78. The highest BCUT2D eigenvalue weighted by Gasteiger charge is 2.24. The molecule has 2 heteroatoms. The third-order valence-electron chi connectivity index (χ3n) is 3.20. The minimum absolute atomic E-state index is 0.125. The number of hydrogen-bond donors (Lipinski definition) is 2. The van der Waals surface area contributed by atoms with Crippen LogP contribution in [0.1, 0.15) is 51.9 Å². The molecule has 0 amide bonds. The van der Waals surface area contributed by atoms with Gasteiger partial charge in [-0.05, 0) is 32.1 Å². The van der Waals surface area contributed by atoms with Gasteiger partial charge >= 0.3 is 0 Å². The Morgan fingerprint density at radius 2 is 1.75 bits per heavy atom. The molecule has 0 aromatic rings. The van der Waals surface area contributed by atoms with Crippen molar-refractivity contribution in [2.75, 3.05) is 0 Å². The molecule has 12 heavy (non-hydrogen) atoms. The van der Waals surface area contributed by atoms with Crippen LogP contribution in [-0.2, 0) is 0 Å². The molecule has 1 aliphatic carbocycles. The van der Waals surface area contributed by atoms with Crippen LogP contribution in [0.2, 0.25) is 0 Å². The maximum Gasteiger partial charge on any atom is 0.0151 e. The first-order valence-corrected chi connectivity index (χ1v) is 5.21. The summed E-state index contributed by atoms with van der Waals surface area (Å²) < 4.78 is 0. The Morgan fingerprint density at radius 1 is 1.25 bits per heavy atom. The molecule has 0 radical (unpaired) electrons. The van der Waals surface area contributed by atoms with Crippen LogP contribution < -0.4 is 11.5 Å². The van der Waals surface area contributed by atoms with Crippen LogP contribution in [0.3, 0.4) is 0 Å². The predicted molar refractivity (Wildman–Crippen MR) is 52.9 cm³/mol. The van der Waals surface area contributed by atoms with Gasteiger partial charge in [-0.2, -0.15) is 0 Å². The zero-order valence-corrected chi connectivity index (χ0v) is 8.18. The molecule has 1 saturated carbocycles. The average Bonchev–Trinajstić information content (AvgIpc) is 2.01. The van der Waals surface area contributed by atoms with E-state index in [1.165, 1.54) is 25.7 Å². The van der Waals surface area contributed by atoms with Crippen molar-refractivity contribution in [1.29, 1.82) is 0 Å². The maximum absolute atomic E-state index is 6.23. The van der Waals surface area contributed by atoms with Crippen molar-refractivity contribution < 1.29 is 0 Å². The second-order valence-corrected chi connectivity index (χ2v) is 4.26. The molecule has 0 atom stereocenters. The van der Waals surface area contributed by atoms with E-state index in [0.29, 0.717) is 6.04 Å². The van der Waals surface area contributed by atoms with Crippen molar-refractivity contribution in [2.24, 2.45) is 11.5 Å². The van der Waals surface area contributed by atoms with Gasteiger partial charge in [0.25, 0.3) is 0 Å². The van der Waals surface area contributed by atoms with Gasteiger partial charge in [0.1, 0.15) is 0 Å². The fraction of sp³-hybridized carbons (Fsp3) is 1.00. The summed E-state index contributed by atoms with van der Waals surface area (Å²) in [6.45, 7) is 2.20. The van der Waals surface area contributed by atoms with Gasteiger partial charge in [0.2, 0.25) is 0 Å². The minimum Gasteiger partial charge on any atom is -0.328 e. The average molecular weight is 170 g/mol.